The van der Waals surface area contributed by atoms with Crippen molar-refractivity contribution in [3.05, 3.63) is 35.9 Å². The molecular weight excluding hydrogens is 361 g/mol. The van der Waals surface area contributed by atoms with Crippen LogP contribution in [-0.4, -0.2) is 67.2 Å². The molecule has 0 spiro atoms. The highest BCUT2D eigenvalue weighted by molar-refractivity contribution is 5.85. The maximum Gasteiger partial charge on any atom is 0.225 e. The number of morpholine rings is 1. The number of benzene rings is 1. The molecule has 2 saturated heterocycles. The van der Waals surface area contributed by atoms with E-state index >= 15 is 0 Å². The molecule has 1 aromatic carbocycles. The lowest BCUT2D eigenvalue weighted by atomic mass is 10.1. The molecule has 142 valence electrons. The van der Waals surface area contributed by atoms with E-state index < -0.39 is 0 Å². The van der Waals surface area contributed by atoms with Crippen molar-refractivity contribution >= 4 is 30.7 Å². The highest BCUT2D eigenvalue weighted by atomic mass is 35.5. The molecule has 2 heterocycles. The average molecular weight is 390 g/mol. The predicted octanol–water partition coefficient (Wildman–Crippen LogP) is 1.94. The van der Waals surface area contributed by atoms with Gasteiger partial charge in [-0.3, -0.25) is 9.69 Å². The van der Waals surface area contributed by atoms with E-state index in [1.807, 2.05) is 11.0 Å². The molecule has 0 saturated carbocycles. The molecule has 0 bridgehead atoms. The fourth-order valence-electron chi connectivity index (χ4n) is 3.37. The van der Waals surface area contributed by atoms with Gasteiger partial charge in [-0.15, -0.1) is 24.8 Å². The minimum absolute atomic E-state index is 0. The highest BCUT2D eigenvalue weighted by Gasteiger charge is 2.27. The summed E-state index contributed by atoms with van der Waals surface area (Å²) in [5, 5.41) is 3.37. The van der Waals surface area contributed by atoms with E-state index in [1.165, 1.54) is 5.56 Å². The molecule has 2 fully saturated rings. The zero-order chi connectivity index (χ0) is 16.1. The molecule has 1 N–H and O–H groups in total. The molecule has 3 rings (SSSR count). The summed E-state index contributed by atoms with van der Waals surface area (Å²) in [5.74, 6) is 0.227. The van der Waals surface area contributed by atoms with Crippen molar-refractivity contribution in [3.63, 3.8) is 0 Å². The average Bonchev–Trinajstić information content (AvgIpc) is 2.56. The lowest BCUT2D eigenvalue weighted by Gasteiger charge is -2.36. The highest BCUT2D eigenvalue weighted by Crippen LogP contribution is 2.14. The smallest absolute Gasteiger partial charge is 0.225 e. The van der Waals surface area contributed by atoms with Crippen LogP contribution in [0.15, 0.2) is 30.3 Å². The topological polar surface area (TPSA) is 44.8 Å². The van der Waals surface area contributed by atoms with Crippen molar-refractivity contribution in [2.45, 2.75) is 32.0 Å². The Labute approximate surface area is 162 Å². The Morgan fingerprint density at radius 2 is 1.96 bits per heavy atom. The molecule has 25 heavy (non-hydrogen) atoms. The van der Waals surface area contributed by atoms with Gasteiger partial charge in [-0.25, -0.2) is 0 Å². The molecule has 2 atom stereocenters. The molecule has 0 aliphatic carbocycles. The molecule has 0 aromatic heterocycles. The molecule has 2 aliphatic rings. The third-order valence-electron chi connectivity index (χ3n) is 4.60. The number of amides is 1. The molecule has 0 radical (unpaired) electrons. The van der Waals surface area contributed by atoms with E-state index in [4.69, 9.17) is 4.74 Å². The number of rotatable bonds is 4. The van der Waals surface area contributed by atoms with E-state index in [0.717, 1.165) is 39.3 Å². The molecule has 2 aliphatic heterocycles. The van der Waals surface area contributed by atoms with Crippen molar-refractivity contribution in [2.75, 3.05) is 39.3 Å². The summed E-state index contributed by atoms with van der Waals surface area (Å²) < 4.78 is 5.83. The van der Waals surface area contributed by atoms with Crippen LogP contribution in [0.3, 0.4) is 0 Å². The van der Waals surface area contributed by atoms with Crippen LogP contribution < -0.4 is 5.32 Å². The lowest BCUT2D eigenvalue weighted by Crippen LogP contribution is -2.52. The predicted molar refractivity (Wildman–Crippen MR) is 105 cm³/mol. The number of hydrogen-bond acceptors (Lipinski definition) is 4. The van der Waals surface area contributed by atoms with Gasteiger partial charge < -0.3 is 15.0 Å². The van der Waals surface area contributed by atoms with Crippen LogP contribution in [0.5, 0.6) is 0 Å². The Kier molecular flexibility index (Phi) is 9.75. The van der Waals surface area contributed by atoms with Gasteiger partial charge in [0, 0.05) is 45.3 Å². The monoisotopic (exact) mass is 389 g/mol. The van der Waals surface area contributed by atoms with Gasteiger partial charge >= 0.3 is 0 Å². The van der Waals surface area contributed by atoms with Crippen LogP contribution in [-0.2, 0) is 16.1 Å². The minimum atomic E-state index is 0. The van der Waals surface area contributed by atoms with Gasteiger partial charge in [0.25, 0.3) is 0 Å². The van der Waals surface area contributed by atoms with E-state index in [0.29, 0.717) is 19.1 Å². The number of ether oxygens (including phenoxy) is 1. The molecule has 2 unspecified atom stereocenters. The largest absolute Gasteiger partial charge is 0.375 e. The van der Waals surface area contributed by atoms with Crippen LogP contribution in [0.1, 0.15) is 18.9 Å². The van der Waals surface area contributed by atoms with E-state index in [1.54, 1.807) is 0 Å². The summed E-state index contributed by atoms with van der Waals surface area (Å²) >= 11 is 0. The summed E-state index contributed by atoms with van der Waals surface area (Å²) in [6.07, 6.45) is 0.517. The van der Waals surface area contributed by atoms with Gasteiger partial charge in [-0.05, 0) is 12.5 Å². The Morgan fingerprint density at radius 3 is 2.68 bits per heavy atom. The molecular formula is C18H29Cl2N3O2. The van der Waals surface area contributed by atoms with Crippen LogP contribution >= 0.6 is 24.8 Å². The second-order valence-electron chi connectivity index (χ2n) is 6.61. The van der Waals surface area contributed by atoms with Crippen LogP contribution in [0.2, 0.25) is 0 Å². The normalized spacial score (nSPS) is 24.1. The van der Waals surface area contributed by atoms with E-state index in [-0.39, 0.29) is 36.8 Å². The third-order valence-corrected chi connectivity index (χ3v) is 4.60. The number of carbonyl (C=O) groups is 1. The minimum Gasteiger partial charge on any atom is -0.375 e. The van der Waals surface area contributed by atoms with Crippen molar-refractivity contribution in [1.82, 2.24) is 15.1 Å². The van der Waals surface area contributed by atoms with Gasteiger partial charge in [0.1, 0.15) is 0 Å². The fraction of sp³-hybridized carbons (Fsp3) is 0.611. The molecule has 1 aromatic rings. The SMILES string of the molecule is CC1CN(C(=O)CC2CN(Cc3ccccc3)CCO2)CCN1.Cl.Cl. The quantitative estimate of drug-likeness (QED) is 0.854. The van der Waals surface area contributed by atoms with Gasteiger partial charge in [0.15, 0.2) is 0 Å². The van der Waals surface area contributed by atoms with Gasteiger partial charge in [0.05, 0.1) is 19.1 Å². The number of nitrogens with one attached hydrogen (secondary N) is 1. The van der Waals surface area contributed by atoms with Gasteiger partial charge in [0.2, 0.25) is 5.91 Å². The van der Waals surface area contributed by atoms with E-state index in [9.17, 15) is 4.79 Å². The first kappa shape index (κ1) is 22.2. The summed E-state index contributed by atoms with van der Waals surface area (Å²) in [4.78, 5) is 16.8. The molecule has 5 nitrogen and oxygen atoms in total. The van der Waals surface area contributed by atoms with Gasteiger partial charge in [-0.1, -0.05) is 30.3 Å². The molecule has 7 heteroatoms. The van der Waals surface area contributed by atoms with E-state index in [2.05, 4.69) is 41.4 Å². The second kappa shape index (κ2) is 11.0. The Morgan fingerprint density at radius 1 is 1.20 bits per heavy atom. The van der Waals surface area contributed by atoms with Crippen LogP contribution in [0.4, 0.5) is 0 Å². The van der Waals surface area contributed by atoms with Crippen molar-refractivity contribution in [2.24, 2.45) is 0 Å². The number of nitrogens with zero attached hydrogens (tertiary/aromatic N) is 2. The van der Waals surface area contributed by atoms with Crippen LogP contribution in [0.25, 0.3) is 0 Å². The Bertz CT molecular complexity index is 518. The first-order valence-electron chi connectivity index (χ1n) is 8.60. The maximum atomic E-state index is 12.5. The van der Waals surface area contributed by atoms with Crippen molar-refractivity contribution in [1.29, 1.82) is 0 Å². The second-order valence-corrected chi connectivity index (χ2v) is 6.61. The van der Waals surface area contributed by atoms with Gasteiger partial charge in [-0.2, -0.15) is 0 Å². The third kappa shape index (κ3) is 6.76. The first-order valence-corrected chi connectivity index (χ1v) is 8.60. The summed E-state index contributed by atoms with van der Waals surface area (Å²) in [5.41, 5.74) is 1.32. The number of hydrogen-bond donors (Lipinski definition) is 1. The Balaban J connectivity index is 0.00000156. The van der Waals surface area contributed by atoms with Crippen LogP contribution in [0, 0.1) is 0 Å². The number of carbonyl (C=O) groups excluding carboxylic acids is 1. The standard InChI is InChI=1S/C18H27N3O2.2ClH/c1-15-12-21(8-7-19-15)18(22)11-17-14-20(9-10-23-17)13-16-5-3-2-4-6-16;;/h2-6,15,17,19H,7-14H2,1H3;2*1H. The maximum absolute atomic E-state index is 12.5. The fourth-order valence-corrected chi connectivity index (χ4v) is 3.37. The first-order chi connectivity index (χ1) is 11.2. The molecule has 1 amide bonds. The Hall–Kier alpha value is -0.850. The zero-order valence-corrected chi connectivity index (χ0v) is 16.4. The number of piperazine rings is 1. The van der Waals surface area contributed by atoms with Crippen molar-refractivity contribution in [3.8, 4) is 0 Å². The zero-order valence-electron chi connectivity index (χ0n) is 14.7. The summed E-state index contributed by atoms with van der Waals surface area (Å²) in [7, 11) is 0. The van der Waals surface area contributed by atoms with Crippen molar-refractivity contribution < 1.29 is 9.53 Å². The number of halogens is 2. The summed E-state index contributed by atoms with van der Waals surface area (Å²) in [6.45, 7) is 8.04. The summed E-state index contributed by atoms with van der Waals surface area (Å²) in [6, 6.07) is 10.9. The lowest BCUT2D eigenvalue weighted by molar-refractivity contribution is -0.137.